The molecule has 2 atom stereocenters. The average Bonchev–Trinajstić information content (AvgIpc) is 3.53. The van der Waals surface area contributed by atoms with Crippen molar-refractivity contribution in [2.45, 2.75) is 61.5 Å². The summed E-state index contributed by atoms with van der Waals surface area (Å²) in [7, 11) is -3.73. The first kappa shape index (κ1) is 27.0. The van der Waals surface area contributed by atoms with E-state index >= 15 is 0 Å². The van der Waals surface area contributed by atoms with Crippen molar-refractivity contribution in [3.05, 3.63) is 101 Å². The lowest BCUT2D eigenvalue weighted by molar-refractivity contribution is -0.132. The molecule has 1 aromatic carbocycles. The number of Topliss-reactive ketones (excluding diaryl/α,β-unsaturated/α-hetero) is 1. The first-order chi connectivity index (χ1) is 18.6. The minimum atomic E-state index is -3.73. The molecule has 2 aromatic rings. The molecule has 2 heterocycles. The number of sulfone groups is 1. The summed E-state index contributed by atoms with van der Waals surface area (Å²) in [4.78, 5) is 32.4. The number of carbonyl (C=O) groups is 2. The molecule has 0 radical (unpaired) electrons. The third-order valence-electron chi connectivity index (χ3n) is 7.32. The smallest absolute Gasteiger partial charge is 0.301 e. The van der Waals surface area contributed by atoms with E-state index in [1.165, 1.54) is 11.1 Å². The monoisotopic (exact) mass is 562 g/mol. The number of ketones is 1. The Morgan fingerprint density at radius 3 is 2.46 bits per heavy atom. The minimum absolute atomic E-state index is 0.0172. The fourth-order valence-corrected chi connectivity index (χ4v) is 7.85. The molecule has 2 aliphatic carbocycles. The first-order valence-electron chi connectivity index (χ1n) is 12.9. The van der Waals surface area contributed by atoms with Crippen molar-refractivity contribution in [3.8, 4) is 0 Å². The lowest BCUT2D eigenvalue weighted by atomic mass is 9.90. The van der Waals surface area contributed by atoms with E-state index in [9.17, 15) is 23.1 Å². The maximum absolute atomic E-state index is 13.5. The number of nitrogens with zero attached hydrogens (tertiary/aromatic N) is 2. The van der Waals surface area contributed by atoms with Crippen molar-refractivity contribution < 1.29 is 23.1 Å². The number of aliphatic hydroxyl groups excluding tert-OH is 1. The number of allylic oxidation sites excluding steroid dienone is 7. The predicted octanol–water partition coefficient (Wildman–Crippen LogP) is 6.06. The van der Waals surface area contributed by atoms with Crippen LogP contribution in [-0.2, 0) is 19.4 Å². The third kappa shape index (κ3) is 4.96. The van der Waals surface area contributed by atoms with E-state index in [4.69, 9.17) is 0 Å². The van der Waals surface area contributed by atoms with Crippen LogP contribution in [0.2, 0.25) is 0 Å². The number of hydrogen-bond acceptors (Lipinski definition) is 7. The first-order valence-corrected chi connectivity index (χ1v) is 15.3. The molecule has 1 fully saturated rings. The van der Waals surface area contributed by atoms with E-state index in [0.29, 0.717) is 24.0 Å². The van der Waals surface area contributed by atoms with E-state index in [0.717, 1.165) is 28.9 Å². The van der Waals surface area contributed by atoms with Gasteiger partial charge in [0.15, 0.2) is 15.0 Å². The summed E-state index contributed by atoms with van der Waals surface area (Å²) in [6, 6.07) is 6.61. The molecule has 5 rings (SSSR count). The van der Waals surface area contributed by atoms with Crippen molar-refractivity contribution in [1.29, 1.82) is 0 Å². The molecule has 0 spiro atoms. The lowest BCUT2D eigenvalue weighted by Crippen LogP contribution is -2.29. The van der Waals surface area contributed by atoms with Crippen molar-refractivity contribution in [3.63, 3.8) is 0 Å². The van der Waals surface area contributed by atoms with Crippen molar-refractivity contribution in [1.82, 2.24) is 4.98 Å². The molecule has 0 bridgehead atoms. The van der Waals surface area contributed by atoms with Gasteiger partial charge in [-0.15, -0.1) is 0 Å². The molecule has 3 aliphatic rings. The van der Waals surface area contributed by atoms with Gasteiger partial charge in [0.05, 0.1) is 23.1 Å². The van der Waals surface area contributed by atoms with Crippen molar-refractivity contribution in [2.24, 2.45) is 0 Å². The lowest BCUT2D eigenvalue weighted by Gasteiger charge is -2.24. The highest BCUT2D eigenvalue weighted by atomic mass is 32.2. The van der Waals surface area contributed by atoms with Crippen LogP contribution in [0.5, 0.6) is 0 Å². The van der Waals surface area contributed by atoms with E-state index < -0.39 is 32.8 Å². The van der Waals surface area contributed by atoms with Gasteiger partial charge in [-0.3, -0.25) is 14.5 Å². The Bertz CT molecular complexity index is 1590. The van der Waals surface area contributed by atoms with Crippen LogP contribution in [0.3, 0.4) is 0 Å². The van der Waals surface area contributed by atoms with Crippen LogP contribution in [-0.4, -0.2) is 35.4 Å². The van der Waals surface area contributed by atoms with Crippen molar-refractivity contribution >= 4 is 38.0 Å². The molecule has 9 heteroatoms. The molecule has 39 heavy (non-hydrogen) atoms. The normalized spacial score (nSPS) is 22.9. The third-order valence-corrected chi connectivity index (χ3v) is 10.9. The second-order valence-corrected chi connectivity index (χ2v) is 13.7. The maximum atomic E-state index is 13.5. The van der Waals surface area contributed by atoms with Crippen LogP contribution >= 0.6 is 11.3 Å². The van der Waals surface area contributed by atoms with Gasteiger partial charge in [-0.1, -0.05) is 91.5 Å². The molecular formula is C30H30N2O5S2. The van der Waals surface area contributed by atoms with Crippen LogP contribution in [0.15, 0.2) is 93.6 Å². The van der Waals surface area contributed by atoms with Gasteiger partial charge in [0.25, 0.3) is 5.78 Å². The van der Waals surface area contributed by atoms with Crippen LogP contribution in [0.4, 0.5) is 5.13 Å². The molecule has 1 aliphatic heterocycles. The molecule has 1 aromatic heterocycles. The maximum Gasteiger partial charge on any atom is 0.301 e. The molecule has 1 N–H and O–H groups in total. The van der Waals surface area contributed by atoms with Crippen LogP contribution in [0.25, 0.3) is 0 Å². The van der Waals surface area contributed by atoms with Gasteiger partial charge in [0.2, 0.25) is 0 Å². The average molecular weight is 563 g/mol. The Labute approximate surface area is 232 Å². The minimum Gasteiger partial charge on any atom is -0.507 e. The predicted molar refractivity (Wildman–Crippen MR) is 152 cm³/mol. The van der Waals surface area contributed by atoms with E-state index in [2.05, 4.69) is 18.8 Å². The zero-order chi connectivity index (χ0) is 27.9. The number of aliphatic hydroxyl groups is 1. The fraction of sp³-hybridized carbons (Fsp3) is 0.300. The highest BCUT2D eigenvalue weighted by Crippen LogP contribution is 2.44. The summed E-state index contributed by atoms with van der Waals surface area (Å²) in [6.45, 7) is 6.14. The largest absolute Gasteiger partial charge is 0.507 e. The van der Waals surface area contributed by atoms with Gasteiger partial charge in [-0.05, 0) is 48.8 Å². The van der Waals surface area contributed by atoms with Gasteiger partial charge in [-0.25, -0.2) is 13.4 Å². The summed E-state index contributed by atoms with van der Waals surface area (Å²) in [5.41, 5.74) is 3.44. The summed E-state index contributed by atoms with van der Waals surface area (Å²) in [5.74, 6) is -1.60. The molecule has 7 nitrogen and oxygen atoms in total. The van der Waals surface area contributed by atoms with E-state index in [-0.39, 0.29) is 26.6 Å². The highest BCUT2D eigenvalue weighted by Gasteiger charge is 2.48. The Morgan fingerprint density at radius 1 is 1.10 bits per heavy atom. The second kappa shape index (κ2) is 10.5. The Morgan fingerprint density at radius 2 is 1.85 bits per heavy atom. The zero-order valence-corrected chi connectivity index (χ0v) is 23.6. The Kier molecular flexibility index (Phi) is 7.31. The van der Waals surface area contributed by atoms with E-state index in [1.54, 1.807) is 30.4 Å². The number of amides is 1. The van der Waals surface area contributed by atoms with Crippen LogP contribution in [0, 0.1) is 0 Å². The number of thiazole rings is 1. The topological polar surface area (TPSA) is 105 Å². The summed E-state index contributed by atoms with van der Waals surface area (Å²) >= 11 is 0.860. The fourth-order valence-electron chi connectivity index (χ4n) is 4.95. The number of carbonyl (C=O) groups excluding carboxylic acids is 2. The standard InChI is InChI=1S/C30H30N2O5S2/c1-18(2)20-13-15-21(16-14-20)26-25(27(33)22-11-9-19(3)10-12-22)28(34)29(35)32(26)30-31-17-24(38-30)39(36,37)23-7-5-4-6-8-23/h4-7,9,11,13-18,23,26,33H,8,10,12H2,1-3H3. The van der Waals surface area contributed by atoms with Crippen LogP contribution < -0.4 is 4.90 Å². The zero-order valence-electron chi connectivity index (χ0n) is 22.0. The number of benzene rings is 1. The number of anilines is 1. The molecule has 202 valence electrons. The van der Waals surface area contributed by atoms with Gasteiger partial charge >= 0.3 is 5.91 Å². The molecule has 1 amide bonds. The van der Waals surface area contributed by atoms with Gasteiger partial charge < -0.3 is 5.11 Å². The summed E-state index contributed by atoms with van der Waals surface area (Å²) in [6.07, 6.45) is 13.5. The summed E-state index contributed by atoms with van der Waals surface area (Å²) in [5, 5.41) is 10.7. The Balaban J connectivity index is 1.62. The Hall–Kier alpha value is -3.56. The van der Waals surface area contributed by atoms with Gasteiger partial charge in [-0.2, -0.15) is 0 Å². The molecule has 0 saturated carbocycles. The highest BCUT2D eigenvalue weighted by molar-refractivity contribution is 7.94. The SMILES string of the molecule is CC1=CC=C(C(O)=C2C(=O)C(=O)N(c3ncc(S(=O)(=O)C4C=CC=CC4)s3)C2c2ccc(C(C)C)cc2)CC1. The van der Waals surface area contributed by atoms with Crippen LogP contribution in [0.1, 0.15) is 63.1 Å². The van der Waals surface area contributed by atoms with Gasteiger partial charge in [0, 0.05) is 0 Å². The molecule has 1 saturated heterocycles. The van der Waals surface area contributed by atoms with Crippen molar-refractivity contribution in [2.75, 3.05) is 4.90 Å². The molecular weight excluding hydrogens is 532 g/mol. The second-order valence-electron chi connectivity index (χ2n) is 10.3. The quantitative estimate of drug-likeness (QED) is 0.261. The number of hydrogen-bond donors (Lipinski definition) is 1. The number of rotatable bonds is 6. The van der Waals surface area contributed by atoms with E-state index in [1.807, 2.05) is 37.3 Å². The summed E-state index contributed by atoms with van der Waals surface area (Å²) < 4.78 is 26.6. The number of aromatic nitrogens is 1. The molecule has 2 unspecified atom stereocenters. The van der Waals surface area contributed by atoms with Gasteiger partial charge in [0.1, 0.15) is 9.97 Å².